The first kappa shape index (κ1) is 18.1. The third-order valence-corrected chi connectivity index (χ3v) is 4.89. The van der Waals surface area contributed by atoms with Crippen molar-refractivity contribution in [1.82, 2.24) is 5.32 Å². The van der Waals surface area contributed by atoms with Gasteiger partial charge in [0.25, 0.3) is 0 Å². The molecule has 0 atom stereocenters. The van der Waals surface area contributed by atoms with Gasteiger partial charge in [-0.2, -0.15) is 0 Å². The molecule has 0 unspecified atom stereocenters. The number of fused-ring (bicyclic) bond motifs is 1. The number of rotatable bonds is 6. The van der Waals surface area contributed by atoms with Crippen molar-refractivity contribution in [3.63, 3.8) is 0 Å². The number of para-hydroxylation sites is 1. The minimum Gasteiger partial charge on any atom is -0.544 e. The van der Waals surface area contributed by atoms with Crippen LogP contribution in [0.3, 0.4) is 0 Å². The Morgan fingerprint density at radius 3 is 2.31 bits per heavy atom. The summed E-state index contributed by atoms with van der Waals surface area (Å²) >= 11 is 0. The summed E-state index contributed by atoms with van der Waals surface area (Å²) < 4.78 is 6.14. The molecule has 1 aliphatic carbocycles. The fourth-order valence-electron chi connectivity index (χ4n) is 2.92. The third-order valence-electron chi connectivity index (χ3n) is 4.06. The molecular weight excluding hydrogens is 342 g/mol. The summed E-state index contributed by atoms with van der Waals surface area (Å²) in [6, 6.07) is 14.9. The van der Waals surface area contributed by atoms with Crippen molar-refractivity contribution in [2.24, 2.45) is 0 Å². The Morgan fingerprint density at radius 2 is 1.58 bits per heavy atom. The van der Waals surface area contributed by atoms with Crippen LogP contribution in [0.5, 0.6) is 5.75 Å². The summed E-state index contributed by atoms with van der Waals surface area (Å²) in [6.07, 6.45) is 2.11. The van der Waals surface area contributed by atoms with Crippen molar-refractivity contribution < 1.29 is 14.0 Å². The average molecular weight is 366 g/mol. The van der Waals surface area contributed by atoms with Crippen LogP contribution >= 0.6 is 0 Å². The number of carbonyl (C=O) groups excluding carboxylic acids is 2. The monoisotopic (exact) mass is 365 g/mol. The smallest absolute Gasteiger partial charge is 0.242 e. The van der Waals surface area contributed by atoms with Crippen molar-refractivity contribution in [2.75, 3.05) is 6.54 Å². The van der Waals surface area contributed by atoms with Gasteiger partial charge in [0.1, 0.15) is 5.75 Å². The molecule has 0 fully saturated rings. The highest BCUT2D eigenvalue weighted by atomic mass is 28.4. The first-order valence-corrected chi connectivity index (χ1v) is 12.2. The lowest BCUT2D eigenvalue weighted by atomic mass is 9.92. The summed E-state index contributed by atoms with van der Waals surface area (Å²) in [4.78, 5) is 24.8. The fourth-order valence-corrected chi connectivity index (χ4v) is 3.78. The largest absolute Gasteiger partial charge is 0.544 e. The number of Topliss-reactive ketones (excluding diaryl/α,β-unsaturated/α-hetero) is 1. The van der Waals surface area contributed by atoms with Crippen LogP contribution in [0.2, 0.25) is 19.6 Å². The molecule has 2 aromatic rings. The van der Waals surface area contributed by atoms with Crippen LogP contribution in [0.25, 0.3) is 0 Å². The van der Waals surface area contributed by atoms with E-state index in [1.165, 1.54) is 6.08 Å². The zero-order valence-electron chi connectivity index (χ0n) is 15.3. The van der Waals surface area contributed by atoms with Gasteiger partial charge in [0.05, 0.1) is 5.70 Å². The standard InChI is InChI=1S/C21H23NO3Si/c1-26(2,3)25-20-11-7-4-8-15(20)12-13-22-18-14-19(23)16-9-5-6-10-17(16)21(18)24/h4-11,14,22H,12-13H2,1-3H3. The summed E-state index contributed by atoms with van der Waals surface area (Å²) in [5.74, 6) is 0.635. The van der Waals surface area contributed by atoms with Crippen molar-refractivity contribution >= 4 is 19.9 Å². The van der Waals surface area contributed by atoms with Crippen molar-refractivity contribution in [3.05, 3.63) is 77.0 Å². The van der Waals surface area contributed by atoms with Gasteiger partial charge in [-0.05, 0) is 37.7 Å². The van der Waals surface area contributed by atoms with E-state index >= 15 is 0 Å². The van der Waals surface area contributed by atoms with Gasteiger partial charge in [0.2, 0.25) is 14.1 Å². The lowest BCUT2D eigenvalue weighted by Gasteiger charge is -2.22. The number of hydrogen-bond donors (Lipinski definition) is 1. The molecule has 1 N–H and O–H groups in total. The lowest BCUT2D eigenvalue weighted by Crippen LogP contribution is -2.30. The molecule has 5 heteroatoms. The van der Waals surface area contributed by atoms with E-state index in [1.54, 1.807) is 24.3 Å². The number of carbonyl (C=O) groups is 2. The number of nitrogens with one attached hydrogen (secondary N) is 1. The number of benzene rings is 2. The number of allylic oxidation sites excluding steroid dienone is 2. The highest BCUT2D eigenvalue weighted by molar-refractivity contribution is 6.70. The van der Waals surface area contributed by atoms with Crippen LogP contribution in [0.4, 0.5) is 0 Å². The first-order valence-electron chi connectivity index (χ1n) is 8.76. The molecule has 0 aromatic heterocycles. The van der Waals surface area contributed by atoms with Crippen molar-refractivity contribution in [1.29, 1.82) is 0 Å². The normalized spacial score (nSPS) is 13.9. The van der Waals surface area contributed by atoms with Crippen molar-refractivity contribution in [3.8, 4) is 5.75 Å². The van der Waals surface area contributed by atoms with Crippen molar-refractivity contribution in [2.45, 2.75) is 26.1 Å². The molecule has 2 aromatic carbocycles. The molecule has 3 rings (SSSR count). The minimum absolute atomic E-state index is 0.133. The molecule has 4 nitrogen and oxygen atoms in total. The van der Waals surface area contributed by atoms with Gasteiger partial charge >= 0.3 is 0 Å². The SMILES string of the molecule is C[Si](C)(C)Oc1ccccc1CCNC1=CC(=O)c2ccccc2C1=O. The van der Waals surface area contributed by atoms with Crippen LogP contribution in [0.1, 0.15) is 26.3 Å². The van der Waals surface area contributed by atoms with Gasteiger partial charge in [-0.1, -0.05) is 42.5 Å². The first-order chi connectivity index (χ1) is 12.3. The predicted octanol–water partition coefficient (Wildman–Crippen LogP) is 4.00. The van der Waals surface area contributed by atoms with E-state index in [4.69, 9.17) is 4.43 Å². The van der Waals surface area contributed by atoms with E-state index in [-0.39, 0.29) is 11.6 Å². The number of hydrogen-bond acceptors (Lipinski definition) is 4. The Morgan fingerprint density at radius 1 is 0.923 bits per heavy atom. The Balaban J connectivity index is 1.68. The quantitative estimate of drug-likeness (QED) is 0.786. The van der Waals surface area contributed by atoms with Gasteiger partial charge < -0.3 is 9.74 Å². The summed E-state index contributed by atoms with van der Waals surface area (Å²) in [7, 11) is -1.69. The molecule has 0 heterocycles. The second-order valence-electron chi connectivity index (χ2n) is 7.30. The van der Waals surface area contributed by atoms with Gasteiger partial charge in [-0.3, -0.25) is 9.59 Å². The Labute approximate surface area is 155 Å². The number of ketones is 2. The van der Waals surface area contributed by atoms with E-state index in [1.807, 2.05) is 24.3 Å². The van der Waals surface area contributed by atoms with Crippen LogP contribution in [0, 0.1) is 0 Å². The third kappa shape index (κ3) is 4.11. The summed E-state index contributed by atoms with van der Waals surface area (Å²) in [5, 5.41) is 3.13. The Kier molecular flexibility index (Phi) is 5.09. The maximum atomic E-state index is 12.6. The maximum Gasteiger partial charge on any atom is 0.242 e. The van der Waals surface area contributed by atoms with Gasteiger partial charge in [-0.25, -0.2) is 0 Å². The van der Waals surface area contributed by atoms with E-state index < -0.39 is 8.32 Å². The molecule has 0 bridgehead atoms. The highest BCUT2D eigenvalue weighted by Gasteiger charge is 2.25. The van der Waals surface area contributed by atoms with Gasteiger partial charge in [0, 0.05) is 23.7 Å². The van der Waals surface area contributed by atoms with E-state index in [2.05, 4.69) is 25.0 Å². The topological polar surface area (TPSA) is 55.4 Å². The molecule has 0 aliphatic heterocycles. The molecular formula is C21H23NO3Si. The second-order valence-corrected chi connectivity index (χ2v) is 11.7. The van der Waals surface area contributed by atoms with E-state index in [9.17, 15) is 9.59 Å². The molecule has 0 saturated carbocycles. The zero-order valence-corrected chi connectivity index (χ0v) is 16.3. The molecule has 0 spiro atoms. The van der Waals surface area contributed by atoms with Crippen LogP contribution in [0.15, 0.2) is 60.3 Å². The fraction of sp³-hybridized carbons (Fsp3) is 0.238. The average Bonchev–Trinajstić information content (AvgIpc) is 2.59. The zero-order chi connectivity index (χ0) is 18.7. The van der Waals surface area contributed by atoms with E-state index in [0.29, 0.717) is 29.8 Å². The second kappa shape index (κ2) is 7.29. The summed E-state index contributed by atoms with van der Waals surface area (Å²) in [6.45, 7) is 7.00. The molecule has 0 radical (unpaired) electrons. The minimum atomic E-state index is -1.69. The van der Waals surface area contributed by atoms with Crippen LogP contribution in [-0.2, 0) is 6.42 Å². The molecule has 134 valence electrons. The van der Waals surface area contributed by atoms with Gasteiger partial charge in [-0.15, -0.1) is 0 Å². The Bertz CT molecular complexity index is 881. The van der Waals surface area contributed by atoms with Gasteiger partial charge in [0.15, 0.2) is 5.78 Å². The molecule has 0 saturated heterocycles. The van der Waals surface area contributed by atoms with E-state index in [0.717, 1.165) is 11.3 Å². The van der Waals surface area contributed by atoms with Crippen LogP contribution in [-0.4, -0.2) is 26.4 Å². The lowest BCUT2D eigenvalue weighted by molar-refractivity contribution is 0.0978. The summed E-state index contributed by atoms with van der Waals surface area (Å²) in [5.41, 5.74) is 2.39. The predicted molar refractivity (Wildman–Crippen MR) is 105 cm³/mol. The molecule has 26 heavy (non-hydrogen) atoms. The molecule has 0 amide bonds. The highest BCUT2D eigenvalue weighted by Crippen LogP contribution is 2.23. The maximum absolute atomic E-state index is 12.6. The Hall–Kier alpha value is -2.66. The van der Waals surface area contributed by atoms with Crippen LogP contribution < -0.4 is 9.74 Å². The molecule has 1 aliphatic rings.